The number of hydrogen-bond acceptors (Lipinski definition) is 6. The Bertz CT molecular complexity index is 1190. The van der Waals surface area contributed by atoms with Crippen molar-refractivity contribution in [2.45, 2.75) is 12.0 Å². The van der Waals surface area contributed by atoms with Gasteiger partial charge >= 0.3 is 0 Å². The number of carbonyl (C=O) groups excluding carboxylic acids is 2. The second kappa shape index (κ2) is 8.60. The van der Waals surface area contributed by atoms with E-state index in [1.54, 1.807) is 42.5 Å². The van der Waals surface area contributed by atoms with E-state index in [9.17, 15) is 14.7 Å². The molecule has 7 nitrogen and oxygen atoms in total. The maximum Gasteiger partial charge on any atom is 0.264 e. The van der Waals surface area contributed by atoms with E-state index in [1.165, 1.54) is 4.90 Å². The molecular weight excluding hydrogens is 422 g/mol. The van der Waals surface area contributed by atoms with Crippen molar-refractivity contribution in [2.24, 2.45) is 0 Å². The highest BCUT2D eigenvalue weighted by Gasteiger charge is 2.50. The van der Waals surface area contributed by atoms with Crippen LogP contribution in [0.1, 0.15) is 22.3 Å². The lowest BCUT2D eigenvalue weighted by atomic mass is 9.88. The minimum atomic E-state index is -1.95. The fraction of sp³-hybridized carbons (Fsp3) is 0.231. The molecule has 168 valence electrons. The molecule has 0 saturated carbocycles. The van der Waals surface area contributed by atoms with E-state index < -0.39 is 11.5 Å². The molecule has 0 bridgehead atoms. The first kappa shape index (κ1) is 21.0. The number of hydrogen-bond donors (Lipinski definition) is 1. The summed E-state index contributed by atoms with van der Waals surface area (Å²) in [6.07, 6.45) is -0.376. The topological polar surface area (TPSA) is 85.3 Å². The van der Waals surface area contributed by atoms with Crippen molar-refractivity contribution in [3.63, 3.8) is 0 Å². The van der Waals surface area contributed by atoms with Crippen LogP contribution >= 0.6 is 0 Å². The van der Waals surface area contributed by atoms with Gasteiger partial charge < -0.3 is 24.2 Å². The Morgan fingerprint density at radius 2 is 1.70 bits per heavy atom. The molecule has 3 aromatic carbocycles. The van der Waals surface area contributed by atoms with Crippen LogP contribution in [-0.4, -0.2) is 43.2 Å². The lowest BCUT2D eigenvalue weighted by Crippen LogP contribution is -2.43. The van der Waals surface area contributed by atoms with Crippen molar-refractivity contribution in [2.75, 3.05) is 31.3 Å². The summed E-state index contributed by atoms with van der Waals surface area (Å²) in [7, 11) is 0. The number of amides is 1. The summed E-state index contributed by atoms with van der Waals surface area (Å²) >= 11 is 0. The molecule has 1 N–H and O–H groups in total. The standard InChI is InChI=1S/C26H23NO6/c28-22(18-10-11-23-24(16-18)33-15-14-32-23)17-26(30)20-8-4-5-9-21(20)27(25(26)29)12-13-31-19-6-2-1-3-7-19/h1-11,16,30H,12-15,17H2/t26-/m1/s1. The molecule has 1 amide bonds. The molecule has 2 aliphatic rings. The Balaban J connectivity index is 1.35. The van der Waals surface area contributed by atoms with E-state index in [1.807, 2.05) is 30.3 Å². The van der Waals surface area contributed by atoms with Crippen molar-refractivity contribution in [1.29, 1.82) is 0 Å². The number of para-hydroxylation sites is 2. The van der Waals surface area contributed by atoms with Gasteiger partial charge in [-0.25, -0.2) is 0 Å². The fourth-order valence-electron chi connectivity index (χ4n) is 4.22. The van der Waals surface area contributed by atoms with Gasteiger partial charge in [-0.1, -0.05) is 36.4 Å². The molecule has 0 fully saturated rings. The summed E-state index contributed by atoms with van der Waals surface area (Å²) in [5.74, 6) is 0.855. The first-order valence-electron chi connectivity index (χ1n) is 10.8. The third-order valence-corrected chi connectivity index (χ3v) is 5.85. The van der Waals surface area contributed by atoms with Gasteiger partial charge in [-0.3, -0.25) is 9.59 Å². The Kier molecular flexibility index (Phi) is 5.48. The first-order valence-corrected chi connectivity index (χ1v) is 10.8. The maximum atomic E-state index is 13.3. The zero-order chi connectivity index (χ0) is 22.8. The second-order valence-corrected chi connectivity index (χ2v) is 7.95. The third kappa shape index (κ3) is 3.91. The smallest absolute Gasteiger partial charge is 0.264 e. The Morgan fingerprint density at radius 3 is 2.52 bits per heavy atom. The van der Waals surface area contributed by atoms with E-state index >= 15 is 0 Å². The number of Topliss-reactive ketones (excluding diaryl/α,β-unsaturated/α-hetero) is 1. The molecule has 0 aromatic heterocycles. The van der Waals surface area contributed by atoms with Gasteiger partial charge in [0.25, 0.3) is 5.91 Å². The lowest BCUT2D eigenvalue weighted by Gasteiger charge is -2.23. The average molecular weight is 445 g/mol. The number of nitrogens with zero attached hydrogens (tertiary/aromatic N) is 1. The summed E-state index contributed by atoms with van der Waals surface area (Å²) in [4.78, 5) is 27.9. The second-order valence-electron chi connectivity index (χ2n) is 7.95. The summed E-state index contributed by atoms with van der Waals surface area (Å²) in [6, 6.07) is 21.2. The number of aliphatic hydroxyl groups is 1. The largest absolute Gasteiger partial charge is 0.492 e. The molecule has 7 heteroatoms. The van der Waals surface area contributed by atoms with E-state index in [-0.39, 0.29) is 25.4 Å². The predicted octanol–water partition coefficient (Wildman–Crippen LogP) is 3.34. The van der Waals surface area contributed by atoms with Gasteiger partial charge in [0.2, 0.25) is 0 Å². The number of ketones is 1. The third-order valence-electron chi connectivity index (χ3n) is 5.85. The van der Waals surface area contributed by atoms with Gasteiger partial charge in [0.05, 0.1) is 18.7 Å². The maximum absolute atomic E-state index is 13.3. The molecule has 33 heavy (non-hydrogen) atoms. The van der Waals surface area contributed by atoms with Crippen molar-refractivity contribution in [1.82, 2.24) is 0 Å². The molecule has 5 rings (SSSR count). The normalized spacial score (nSPS) is 18.7. The summed E-state index contributed by atoms with van der Waals surface area (Å²) in [6.45, 7) is 1.34. The fourth-order valence-corrected chi connectivity index (χ4v) is 4.22. The van der Waals surface area contributed by atoms with Crippen LogP contribution in [0.25, 0.3) is 0 Å². The van der Waals surface area contributed by atoms with Crippen LogP contribution < -0.4 is 19.1 Å². The van der Waals surface area contributed by atoms with Crippen molar-refractivity contribution in [3.8, 4) is 17.2 Å². The van der Waals surface area contributed by atoms with E-state index in [0.717, 1.165) is 0 Å². The van der Waals surface area contributed by atoms with Crippen molar-refractivity contribution in [3.05, 3.63) is 83.9 Å². The number of fused-ring (bicyclic) bond motifs is 2. The number of carbonyl (C=O) groups is 2. The minimum absolute atomic E-state index is 0.241. The zero-order valence-corrected chi connectivity index (χ0v) is 17.9. The van der Waals surface area contributed by atoms with Crippen LogP contribution in [0, 0.1) is 0 Å². The number of anilines is 1. The Hall–Kier alpha value is -3.84. The van der Waals surface area contributed by atoms with E-state index in [0.29, 0.717) is 47.3 Å². The molecule has 0 unspecified atom stereocenters. The SMILES string of the molecule is O=C(C[C@]1(O)C(=O)N(CCOc2ccccc2)c2ccccc21)c1ccc2c(c1)OCCO2. The van der Waals surface area contributed by atoms with Crippen LogP contribution in [0.5, 0.6) is 17.2 Å². The van der Waals surface area contributed by atoms with Crippen LogP contribution in [0.15, 0.2) is 72.8 Å². The van der Waals surface area contributed by atoms with Crippen LogP contribution in [0.3, 0.4) is 0 Å². The lowest BCUT2D eigenvalue weighted by molar-refractivity contribution is -0.135. The molecule has 0 aliphatic carbocycles. The highest BCUT2D eigenvalue weighted by Crippen LogP contribution is 2.43. The molecule has 2 aliphatic heterocycles. The predicted molar refractivity (Wildman–Crippen MR) is 121 cm³/mol. The summed E-state index contributed by atoms with van der Waals surface area (Å²) in [5.41, 5.74) is -0.603. The molecule has 0 radical (unpaired) electrons. The van der Waals surface area contributed by atoms with E-state index in [2.05, 4.69) is 0 Å². The van der Waals surface area contributed by atoms with Gasteiger partial charge in [0.15, 0.2) is 22.9 Å². The average Bonchev–Trinajstić information content (AvgIpc) is 3.06. The van der Waals surface area contributed by atoms with Crippen LogP contribution in [0.4, 0.5) is 5.69 Å². The molecule has 0 saturated heterocycles. The number of rotatable bonds is 7. The highest BCUT2D eigenvalue weighted by molar-refractivity contribution is 6.10. The first-order chi connectivity index (χ1) is 16.1. The summed E-state index contributed by atoms with van der Waals surface area (Å²) in [5, 5.41) is 11.5. The zero-order valence-electron chi connectivity index (χ0n) is 17.9. The van der Waals surface area contributed by atoms with Gasteiger partial charge in [0, 0.05) is 11.1 Å². The summed E-state index contributed by atoms with van der Waals surface area (Å²) < 4.78 is 16.8. The highest BCUT2D eigenvalue weighted by atomic mass is 16.6. The van der Waals surface area contributed by atoms with Crippen LogP contribution in [0.2, 0.25) is 0 Å². The Labute approximate surface area is 191 Å². The molecule has 0 spiro atoms. The van der Waals surface area contributed by atoms with Crippen molar-refractivity contribution >= 4 is 17.4 Å². The van der Waals surface area contributed by atoms with Crippen LogP contribution in [-0.2, 0) is 10.4 Å². The van der Waals surface area contributed by atoms with Gasteiger partial charge in [0.1, 0.15) is 25.6 Å². The number of ether oxygens (including phenoxy) is 3. The van der Waals surface area contributed by atoms with Gasteiger partial charge in [-0.05, 0) is 36.4 Å². The quantitative estimate of drug-likeness (QED) is 0.562. The number of benzene rings is 3. The molecular formula is C26H23NO6. The van der Waals surface area contributed by atoms with Gasteiger partial charge in [-0.15, -0.1) is 0 Å². The van der Waals surface area contributed by atoms with E-state index in [4.69, 9.17) is 14.2 Å². The molecule has 2 heterocycles. The molecule has 3 aromatic rings. The molecule has 1 atom stereocenters. The van der Waals surface area contributed by atoms with Gasteiger partial charge in [-0.2, -0.15) is 0 Å². The Morgan fingerprint density at radius 1 is 0.970 bits per heavy atom. The minimum Gasteiger partial charge on any atom is -0.492 e. The van der Waals surface area contributed by atoms with Crippen molar-refractivity contribution < 1.29 is 28.9 Å². The monoisotopic (exact) mass is 445 g/mol.